The molecule has 0 spiro atoms. The van der Waals surface area contributed by atoms with Crippen molar-refractivity contribution < 1.29 is 69.6 Å². The number of hydrogen-bond acceptors (Lipinski definition) is 2. The Balaban J connectivity index is -0.000000195. The van der Waals surface area contributed by atoms with Gasteiger partial charge in [-0.1, -0.05) is 123 Å². The van der Waals surface area contributed by atoms with Crippen molar-refractivity contribution in [2.75, 3.05) is 0 Å². The molecule has 0 aliphatic heterocycles. The van der Waals surface area contributed by atoms with Crippen LogP contribution in [-0.2, 0) is 9.59 Å². The van der Waals surface area contributed by atoms with Gasteiger partial charge in [-0.05, 0) is 0 Å². The molecule has 0 bridgehead atoms. The smallest absolute Gasteiger partial charge is 1.00 e. The molecule has 0 fully saturated rings. The molecule has 6 heteroatoms. The average Bonchev–Trinajstić information content (AvgIpc) is 2.62. The van der Waals surface area contributed by atoms with Crippen LogP contribution < -0.4 is 48.4 Å². The van der Waals surface area contributed by atoms with Crippen molar-refractivity contribution in [3.05, 3.63) is 6.92 Å². The molecule has 30 heavy (non-hydrogen) atoms. The molecule has 4 nitrogen and oxygen atoms in total. The zero-order valence-corrected chi connectivity index (χ0v) is 22.7. The van der Waals surface area contributed by atoms with Crippen LogP contribution in [0, 0.1) is 12.8 Å². The minimum Gasteiger partial charge on any atom is -1.00 e. The van der Waals surface area contributed by atoms with Gasteiger partial charge in [-0.15, -0.1) is 0 Å². The first-order valence-corrected chi connectivity index (χ1v) is 11.7. The summed E-state index contributed by atoms with van der Waals surface area (Å²) in [6.45, 7) is 8.91. The zero-order chi connectivity index (χ0) is 21.5. The maximum Gasteiger partial charge on any atom is 1.00 e. The molecule has 1 unspecified atom stereocenters. The fourth-order valence-corrected chi connectivity index (χ4v) is 3.23. The molecule has 0 aliphatic carbocycles. The van der Waals surface area contributed by atoms with Crippen LogP contribution in [0.15, 0.2) is 0 Å². The van der Waals surface area contributed by atoms with Gasteiger partial charge in [0.15, 0.2) is 0 Å². The number of hydrogen-bond donors (Lipinski definition) is 2. The van der Waals surface area contributed by atoms with E-state index in [4.69, 9.17) is 10.2 Å². The number of carboxylic acids is 2. The second-order valence-electron chi connectivity index (χ2n) is 8.00. The molecule has 1 atom stereocenters. The SMILES string of the molecule is O=C(O)CC(=O)O.[CH2-]C(CCCCCCC)CCCCCCCCCCCC.[H-].[Li+].[Na+]. The van der Waals surface area contributed by atoms with E-state index in [1.54, 1.807) is 0 Å². The number of unbranched alkanes of at least 4 members (excludes halogenated alkanes) is 13. The third-order valence-corrected chi connectivity index (χ3v) is 4.98. The maximum absolute atomic E-state index is 9.43. The molecule has 0 heterocycles. The summed E-state index contributed by atoms with van der Waals surface area (Å²) in [6.07, 6.45) is 23.4. The summed E-state index contributed by atoms with van der Waals surface area (Å²) in [5.41, 5.74) is 0. The van der Waals surface area contributed by atoms with Gasteiger partial charge in [0.1, 0.15) is 6.42 Å². The Kier molecular flexibility index (Phi) is 40.0. The Bertz CT molecular complexity index is 348. The van der Waals surface area contributed by atoms with Crippen molar-refractivity contribution in [2.24, 2.45) is 5.92 Å². The number of carbonyl (C=O) groups is 2. The van der Waals surface area contributed by atoms with Gasteiger partial charge in [0.05, 0.1) is 0 Å². The quantitative estimate of drug-likeness (QED) is 0.142. The van der Waals surface area contributed by atoms with E-state index >= 15 is 0 Å². The monoisotopic (exact) mass is 430 g/mol. The second-order valence-corrected chi connectivity index (χ2v) is 8.00. The van der Waals surface area contributed by atoms with Gasteiger partial charge in [0.25, 0.3) is 0 Å². The van der Waals surface area contributed by atoms with Crippen molar-refractivity contribution in [1.82, 2.24) is 0 Å². The van der Waals surface area contributed by atoms with E-state index in [0.29, 0.717) is 0 Å². The van der Waals surface area contributed by atoms with E-state index in [1.807, 2.05) is 0 Å². The summed E-state index contributed by atoms with van der Waals surface area (Å²) in [5, 5.41) is 15.4. The molecule has 0 amide bonds. The van der Waals surface area contributed by atoms with Crippen LogP contribution in [0.25, 0.3) is 0 Å². The minimum absolute atomic E-state index is 0. The van der Waals surface area contributed by atoms with Crippen LogP contribution in [0.5, 0.6) is 0 Å². The van der Waals surface area contributed by atoms with Crippen molar-refractivity contribution >= 4 is 11.9 Å². The second kappa shape index (κ2) is 31.7. The van der Waals surface area contributed by atoms with Crippen molar-refractivity contribution in [1.29, 1.82) is 0 Å². The van der Waals surface area contributed by atoms with E-state index in [9.17, 15) is 9.59 Å². The van der Waals surface area contributed by atoms with Crippen molar-refractivity contribution in [3.63, 3.8) is 0 Å². The van der Waals surface area contributed by atoms with E-state index in [-0.39, 0.29) is 49.8 Å². The molecular formula is C24H48LiNaO4. The van der Waals surface area contributed by atoms with Gasteiger partial charge in [0, 0.05) is 0 Å². The summed E-state index contributed by atoms with van der Waals surface area (Å²) < 4.78 is 0. The summed E-state index contributed by atoms with van der Waals surface area (Å²) in [7, 11) is 0. The number of carboxylic acid groups (broad SMARTS) is 2. The Morgan fingerprint density at radius 2 is 0.933 bits per heavy atom. The molecule has 0 aromatic carbocycles. The fourth-order valence-electron chi connectivity index (χ4n) is 3.23. The predicted octanol–water partition coefficient (Wildman–Crippen LogP) is 1.77. The van der Waals surface area contributed by atoms with Crippen LogP contribution >= 0.6 is 0 Å². The Morgan fingerprint density at radius 3 is 1.17 bits per heavy atom. The van der Waals surface area contributed by atoms with Crippen LogP contribution in [0.1, 0.15) is 131 Å². The maximum atomic E-state index is 9.43. The first-order valence-electron chi connectivity index (χ1n) is 11.7. The van der Waals surface area contributed by atoms with Crippen LogP contribution in [-0.4, -0.2) is 22.2 Å². The van der Waals surface area contributed by atoms with E-state index in [2.05, 4.69) is 20.8 Å². The van der Waals surface area contributed by atoms with E-state index in [0.717, 1.165) is 5.92 Å². The average molecular weight is 431 g/mol. The standard InChI is InChI=1S/C21H43.C3H4O4.Li.Na.H/c1-4-6-8-10-11-12-13-14-16-18-20-21(3)19-17-15-9-7-5-2;4-2(5)1-3(6)7;;;/h21H,3-20H2,1-2H3;1H2,(H,4,5)(H,6,7);;;/q-1;;2*+1;-1. The molecule has 0 radical (unpaired) electrons. The van der Waals surface area contributed by atoms with Gasteiger partial charge in [-0.3, -0.25) is 9.59 Å². The minimum atomic E-state index is -1.31. The number of rotatable bonds is 19. The van der Waals surface area contributed by atoms with Crippen LogP contribution in [0.2, 0.25) is 0 Å². The van der Waals surface area contributed by atoms with Crippen molar-refractivity contribution in [3.8, 4) is 0 Å². The number of aliphatic carboxylic acids is 2. The molecular weight excluding hydrogens is 382 g/mol. The van der Waals surface area contributed by atoms with Crippen molar-refractivity contribution in [2.45, 2.75) is 129 Å². The van der Waals surface area contributed by atoms with Gasteiger partial charge in [0.2, 0.25) is 0 Å². The van der Waals surface area contributed by atoms with Gasteiger partial charge in [-0.2, -0.15) is 5.92 Å². The molecule has 170 valence electrons. The first-order chi connectivity index (χ1) is 13.4. The predicted molar refractivity (Wildman–Crippen MR) is 120 cm³/mol. The first kappa shape index (κ1) is 37.8. The molecule has 0 aromatic heterocycles. The molecule has 0 aliphatic rings. The molecule has 0 saturated heterocycles. The van der Waals surface area contributed by atoms with Gasteiger partial charge in [-0.25, -0.2) is 0 Å². The summed E-state index contributed by atoms with van der Waals surface area (Å²) in [6, 6.07) is 0. The Hall–Kier alpha value is 0.537. The van der Waals surface area contributed by atoms with Crippen LogP contribution in [0.3, 0.4) is 0 Å². The third kappa shape index (κ3) is 39.1. The molecule has 0 aromatic rings. The van der Waals surface area contributed by atoms with Crippen LogP contribution in [0.4, 0.5) is 0 Å². The zero-order valence-electron chi connectivity index (χ0n) is 21.7. The third-order valence-electron chi connectivity index (χ3n) is 4.98. The summed E-state index contributed by atoms with van der Waals surface area (Å²) in [5.74, 6) is -1.90. The largest absolute Gasteiger partial charge is 1.00 e. The Labute approximate surface area is 222 Å². The Morgan fingerprint density at radius 1 is 0.667 bits per heavy atom. The topological polar surface area (TPSA) is 74.6 Å². The normalized spacial score (nSPS) is 10.8. The van der Waals surface area contributed by atoms with Gasteiger partial charge >= 0.3 is 60.4 Å². The molecule has 2 N–H and O–H groups in total. The van der Waals surface area contributed by atoms with E-state index in [1.165, 1.54) is 109 Å². The molecule has 0 rings (SSSR count). The fraction of sp³-hybridized carbons (Fsp3) is 0.875. The van der Waals surface area contributed by atoms with E-state index < -0.39 is 18.4 Å². The summed E-state index contributed by atoms with van der Waals surface area (Å²) in [4.78, 5) is 18.9. The summed E-state index contributed by atoms with van der Waals surface area (Å²) >= 11 is 0. The molecule has 0 saturated carbocycles. The van der Waals surface area contributed by atoms with Gasteiger partial charge < -0.3 is 18.6 Å².